The smallest absolute Gasteiger partial charge is 0.160 e. The second kappa shape index (κ2) is 5.55. The minimum atomic E-state index is 0.339. The minimum Gasteiger partial charge on any atom is -0.307 e. The number of fused-ring (bicyclic) bond motifs is 1. The molecule has 2 heterocycles. The van der Waals surface area contributed by atoms with E-state index in [1.54, 1.807) is 0 Å². The number of aryl methyl sites for hydroxylation is 1. The molecule has 0 radical (unpaired) electrons. The minimum absolute atomic E-state index is 0.339. The second-order valence-electron chi connectivity index (χ2n) is 4.91. The van der Waals surface area contributed by atoms with Crippen LogP contribution in [0.4, 0.5) is 0 Å². The van der Waals surface area contributed by atoms with E-state index in [-0.39, 0.29) is 0 Å². The van der Waals surface area contributed by atoms with Gasteiger partial charge in [-0.3, -0.25) is 0 Å². The summed E-state index contributed by atoms with van der Waals surface area (Å²) >= 11 is 6.00. The molecule has 1 aromatic carbocycles. The van der Waals surface area contributed by atoms with Crippen LogP contribution in [0, 0.1) is 18.3 Å². The Morgan fingerprint density at radius 3 is 2.71 bits per heavy atom. The van der Waals surface area contributed by atoms with E-state index in [2.05, 4.69) is 16.0 Å². The molecule has 0 amide bonds. The summed E-state index contributed by atoms with van der Waals surface area (Å²) in [6, 6.07) is 11.6. The number of hydrogen-bond donors (Lipinski definition) is 0. The van der Waals surface area contributed by atoms with E-state index in [9.17, 15) is 0 Å². The van der Waals surface area contributed by atoms with Crippen LogP contribution in [0.1, 0.15) is 22.5 Å². The first-order valence-corrected chi connectivity index (χ1v) is 7.11. The first kappa shape index (κ1) is 13.6. The molecule has 0 saturated carbocycles. The van der Waals surface area contributed by atoms with Crippen molar-refractivity contribution in [3.05, 3.63) is 59.0 Å². The molecule has 0 fully saturated rings. The molecular weight excluding hydrogens is 284 g/mol. The van der Waals surface area contributed by atoms with Crippen LogP contribution in [0.5, 0.6) is 0 Å². The summed E-state index contributed by atoms with van der Waals surface area (Å²) in [5.41, 5.74) is 4.51. The predicted molar refractivity (Wildman–Crippen MR) is 82.1 cm³/mol. The van der Waals surface area contributed by atoms with Crippen molar-refractivity contribution in [3.63, 3.8) is 0 Å². The van der Waals surface area contributed by atoms with Gasteiger partial charge in [0.15, 0.2) is 5.65 Å². The molecule has 0 aliphatic heterocycles. The van der Waals surface area contributed by atoms with E-state index < -0.39 is 0 Å². The van der Waals surface area contributed by atoms with Gasteiger partial charge in [-0.05, 0) is 36.2 Å². The molecule has 0 aliphatic carbocycles. The topological polar surface area (TPSA) is 54.5 Å². The Hall–Kier alpha value is -2.38. The normalized spacial score (nSPS) is 10.7. The van der Waals surface area contributed by atoms with Crippen LogP contribution in [-0.4, -0.2) is 14.5 Å². The van der Waals surface area contributed by atoms with Crippen LogP contribution in [0.25, 0.3) is 11.2 Å². The van der Waals surface area contributed by atoms with E-state index in [0.717, 1.165) is 28.1 Å². The summed E-state index contributed by atoms with van der Waals surface area (Å²) in [7, 11) is 0. The molecule has 0 spiro atoms. The molecule has 21 heavy (non-hydrogen) atoms. The number of aromatic nitrogens is 3. The van der Waals surface area contributed by atoms with Crippen molar-refractivity contribution in [1.29, 1.82) is 5.26 Å². The van der Waals surface area contributed by atoms with Gasteiger partial charge in [-0.25, -0.2) is 9.97 Å². The van der Waals surface area contributed by atoms with Crippen molar-refractivity contribution in [1.82, 2.24) is 14.5 Å². The van der Waals surface area contributed by atoms with E-state index in [4.69, 9.17) is 16.9 Å². The third-order valence-electron chi connectivity index (χ3n) is 3.34. The van der Waals surface area contributed by atoms with Gasteiger partial charge in [0.2, 0.25) is 0 Å². The standard InChI is InChI=1S/C16H13ClN4/c1-11-6-14-16(19-9-11)21(15(7-17)20-14)10-13-4-2-12(8-18)3-5-13/h2-6,9H,7,10H2,1H3. The Labute approximate surface area is 127 Å². The van der Waals surface area contributed by atoms with Gasteiger partial charge in [-0.2, -0.15) is 5.26 Å². The monoisotopic (exact) mass is 296 g/mol. The first-order valence-electron chi connectivity index (χ1n) is 6.58. The molecule has 5 heteroatoms. The lowest BCUT2D eigenvalue weighted by atomic mass is 10.1. The van der Waals surface area contributed by atoms with E-state index in [1.165, 1.54) is 0 Å². The van der Waals surface area contributed by atoms with Crippen molar-refractivity contribution in [3.8, 4) is 6.07 Å². The molecule has 0 aliphatic rings. The third kappa shape index (κ3) is 2.61. The molecule has 3 aromatic rings. The number of halogens is 1. The summed E-state index contributed by atoms with van der Waals surface area (Å²) in [4.78, 5) is 9.01. The number of rotatable bonds is 3. The first-order chi connectivity index (χ1) is 10.2. The molecular formula is C16H13ClN4. The highest BCUT2D eigenvalue weighted by molar-refractivity contribution is 6.16. The van der Waals surface area contributed by atoms with Crippen LogP contribution >= 0.6 is 11.6 Å². The van der Waals surface area contributed by atoms with E-state index in [1.807, 2.05) is 48.0 Å². The number of nitriles is 1. The second-order valence-corrected chi connectivity index (χ2v) is 5.18. The molecule has 0 bridgehead atoms. The molecule has 0 N–H and O–H groups in total. The zero-order valence-electron chi connectivity index (χ0n) is 11.5. The number of nitrogens with zero attached hydrogens (tertiary/aromatic N) is 4. The van der Waals surface area contributed by atoms with Crippen molar-refractivity contribution >= 4 is 22.8 Å². The maximum atomic E-state index is 8.84. The number of pyridine rings is 1. The summed E-state index contributed by atoms with van der Waals surface area (Å²) in [6.45, 7) is 2.63. The van der Waals surface area contributed by atoms with Gasteiger partial charge in [0.25, 0.3) is 0 Å². The summed E-state index contributed by atoms with van der Waals surface area (Å²) in [6.07, 6.45) is 1.83. The van der Waals surface area contributed by atoms with Gasteiger partial charge in [0.05, 0.1) is 24.1 Å². The molecule has 104 valence electrons. The Bertz CT molecular complexity index is 828. The molecule has 2 aromatic heterocycles. The number of hydrogen-bond acceptors (Lipinski definition) is 3. The quantitative estimate of drug-likeness (QED) is 0.696. The van der Waals surface area contributed by atoms with Crippen molar-refractivity contribution in [2.45, 2.75) is 19.3 Å². The van der Waals surface area contributed by atoms with Crippen molar-refractivity contribution < 1.29 is 0 Å². The summed E-state index contributed by atoms with van der Waals surface area (Å²) in [5.74, 6) is 1.14. The molecule has 4 nitrogen and oxygen atoms in total. The fourth-order valence-electron chi connectivity index (χ4n) is 2.29. The highest BCUT2D eigenvalue weighted by atomic mass is 35.5. The largest absolute Gasteiger partial charge is 0.307 e. The maximum Gasteiger partial charge on any atom is 0.160 e. The maximum absolute atomic E-state index is 8.84. The van der Waals surface area contributed by atoms with Gasteiger partial charge in [0.1, 0.15) is 11.3 Å². The van der Waals surface area contributed by atoms with Crippen LogP contribution in [0.15, 0.2) is 36.5 Å². The van der Waals surface area contributed by atoms with Crippen molar-refractivity contribution in [2.75, 3.05) is 0 Å². The fourth-order valence-corrected chi connectivity index (χ4v) is 2.50. The van der Waals surface area contributed by atoms with Crippen LogP contribution in [0.2, 0.25) is 0 Å². The third-order valence-corrected chi connectivity index (χ3v) is 3.58. The molecule has 3 rings (SSSR count). The van der Waals surface area contributed by atoms with Gasteiger partial charge in [-0.15, -0.1) is 11.6 Å². The summed E-state index contributed by atoms with van der Waals surface area (Å²) < 4.78 is 2.02. The highest BCUT2D eigenvalue weighted by Crippen LogP contribution is 2.18. The lowest BCUT2D eigenvalue weighted by molar-refractivity contribution is 0.770. The van der Waals surface area contributed by atoms with Gasteiger partial charge < -0.3 is 4.57 Å². The van der Waals surface area contributed by atoms with Crippen LogP contribution in [0.3, 0.4) is 0 Å². The lowest BCUT2D eigenvalue weighted by Gasteiger charge is -2.07. The van der Waals surface area contributed by atoms with E-state index in [0.29, 0.717) is 18.0 Å². The molecule has 0 atom stereocenters. The summed E-state index contributed by atoms with van der Waals surface area (Å²) in [5, 5.41) is 8.84. The Morgan fingerprint density at radius 1 is 1.29 bits per heavy atom. The van der Waals surface area contributed by atoms with Crippen molar-refractivity contribution in [2.24, 2.45) is 0 Å². The predicted octanol–water partition coefficient (Wildman–Crippen LogP) is 3.40. The Balaban J connectivity index is 2.04. The molecule has 0 unspecified atom stereocenters. The Kier molecular flexibility index (Phi) is 3.59. The lowest BCUT2D eigenvalue weighted by Crippen LogP contribution is -2.04. The van der Waals surface area contributed by atoms with Gasteiger partial charge >= 0.3 is 0 Å². The number of benzene rings is 1. The zero-order valence-corrected chi connectivity index (χ0v) is 12.3. The fraction of sp³-hybridized carbons (Fsp3) is 0.188. The number of alkyl halides is 1. The van der Waals surface area contributed by atoms with Crippen LogP contribution in [-0.2, 0) is 12.4 Å². The number of imidazole rings is 1. The van der Waals surface area contributed by atoms with Gasteiger partial charge in [0, 0.05) is 6.20 Å². The zero-order chi connectivity index (χ0) is 14.8. The average Bonchev–Trinajstić information content (AvgIpc) is 2.85. The highest BCUT2D eigenvalue weighted by Gasteiger charge is 2.11. The molecule has 0 saturated heterocycles. The van der Waals surface area contributed by atoms with Crippen LogP contribution < -0.4 is 0 Å². The van der Waals surface area contributed by atoms with E-state index >= 15 is 0 Å². The van der Waals surface area contributed by atoms with Gasteiger partial charge in [-0.1, -0.05) is 12.1 Å². The average molecular weight is 297 g/mol. The SMILES string of the molecule is Cc1cnc2c(c1)nc(CCl)n2Cc1ccc(C#N)cc1. The Morgan fingerprint density at radius 2 is 2.05 bits per heavy atom.